The third-order valence-corrected chi connectivity index (χ3v) is 11.9. The molecule has 0 spiro atoms. The van der Waals surface area contributed by atoms with Gasteiger partial charge in [-0.15, -0.1) is 0 Å². The van der Waals surface area contributed by atoms with Crippen molar-refractivity contribution in [3.8, 4) is 56.4 Å². The smallest absolute Gasteiger partial charge is 0.336 e. The lowest BCUT2D eigenvalue weighted by molar-refractivity contribution is 0.0686. The maximum atomic E-state index is 12.7. The van der Waals surface area contributed by atoms with E-state index in [2.05, 4.69) is 10.5 Å². The first-order valence-corrected chi connectivity index (χ1v) is 22.6. The van der Waals surface area contributed by atoms with Crippen LogP contribution in [0.5, 0.6) is 11.5 Å². The minimum absolute atomic E-state index is 0.0433. The molecule has 0 aromatic heterocycles. The van der Waals surface area contributed by atoms with Gasteiger partial charge in [-0.3, -0.25) is 29.4 Å². The second-order valence-electron chi connectivity index (χ2n) is 16.8. The van der Waals surface area contributed by atoms with Gasteiger partial charge in [0, 0.05) is 74.0 Å². The lowest BCUT2D eigenvalue weighted by Crippen LogP contribution is -2.30. The summed E-state index contributed by atoms with van der Waals surface area (Å²) in [6.07, 6.45) is 2.39. The highest BCUT2D eigenvalue weighted by atomic mass is 16.4. The molecule has 8 N–H and O–H groups in total. The van der Waals surface area contributed by atoms with Crippen molar-refractivity contribution in [3.05, 3.63) is 223 Å². The van der Waals surface area contributed by atoms with Gasteiger partial charge in [-0.25, -0.2) is 20.9 Å². The predicted octanol–water partition coefficient (Wildman–Crippen LogP) is 9.42. The van der Waals surface area contributed by atoms with Gasteiger partial charge in [0.15, 0.2) is 10.9 Å². The summed E-state index contributed by atoms with van der Waals surface area (Å²) < 4.78 is 11.6. The Morgan fingerprint density at radius 1 is 0.533 bits per heavy atom. The number of carbonyl (C=O) groups is 5. The Bertz CT molecular complexity index is 3990. The zero-order chi connectivity index (χ0) is 53.5. The summed E-state index contributed by atoms with van der Waals surface area (Å²) in [4.78, 5) is 82.8. The van der Waals surface area contributed by atoms with Gasteiger partial charge in [-0.2, -0.15) is 5.10 Å². The second kappa shape index (κ2) is 21.9. The zero-order valence-corrected chi connectivity index (χ0v) is 39.7. The number of hydrazone groups is 1. The van der Waals surface area contributed by atoms with Crippen LogP contribution in [-0.2, 0) is 0 Å². The molecule has 0 saturated carbocycles. The number of hydrogen-bond acceptors (Lipinski definition) is 13. The van der Waals surface area contributed by atoms with Crippen LogP contribution in [0, 0.1) is 13.8 Å². The van der Waals surface area contributed by atoms with Crippen molar-refractivity contribution in [3.63, 3.8) is 0 Å². The molecule has 6 aromatic rings. The highest BCUT2D eigenvalue weighted by molar-refractivity contribution is 6.10. The summed E-state index contributed by atoms with van der Waals surface area (Å²) in [6, 6.07) is 40.9. The van der Waals surface area contributed by atoms with Crippen LogP contribution in [-0.4, -0.2) is 56.7 Å². The number of nitrogen functional groups attached to an aromatic ring is 1. The molecule has 0 fully saturated rings. The minimum atomic E-state index is -1.24. The summed E-state index contributed by atoms with van der Waals surface area (Å²) in [5.74, 6) is 1.85. The fourth-order valence-corrected chi connectivity index (χ4v) is 8.22. The molecule has 17 heteroatoms. The summed E-state index contributed by atoms with van der Waals surface area (Å²) in [7, 11) is 0. The summed E-state index contributed by atoms with van der Waals surface area (Å²) in [6.45, 7) is 3.84. The van der Waals surface area contributed by atoms with Crippen molar-refractivity contribution in [1.82, 2.24) is 10.9 Å². The monoisotopic (exact) mass is 1000 g/mol. The van der Waals surface area contributed by atoms with Crippen LogP contribution >= 0.6 is 0 Å². The van der Waals surface area contributed by atoms with Crippen LogP contribution in [0.4, 0.5) is 0 Å². The van der Waals surface area contributed by atoms with Crippen LogP contribution in [0.2, 0.25) is 0 Å². The molecule has 0 saturated heterocycles. The molecule has 17 nitrogen and oxygen atoms in total. The normalized spacial score (nSPS) is 10.9. The molecule has 0 bridgehead atoms. The lowest BCUT2D eigenvalue weighted by Gasteiger charge is -2.17. The van der Waals surface area contributed by atoms with Gasteiger partial charge < -0.3 is 29.3 Å². The maximum absolute atomic E-state index is 12.7. The van der Waals surface area contributed by atoms with Crippen LogP contribution < -0.4 is 27.6 Å². The number of carbonyl (C=O) groups excluding carboxylic acids is 3. The summed E-state index contributed by atoms with van der Waals surface area (Å²) in [5.41, 5.74) is 10.6. The first-order valence-electron chi connectivity index (χ1n) is 22.6. The van der Waals surface area contributed by atoms with Gasteiger partial charge in [0.05, 0.1) is 17.3 Å². The number of rotatable bonds is 9. The van der Waals surface area contributed by atoms with Crippen LogP contribution in [0.25, 0.3) is 66.8 Å². The van der Waals surface area contributed by atoms with E-state index in [1.54, 1.807) is 24.3 Å². The average Bonchev–Trinajstić information content (AvgIpc) is 3.40. The number of fused-ring (bicyclic) bond motifs is 4. The number of benzene rings is 8. The number of aldehydes is 1. The number of amides is 2. The standard InChI is InChI=1S/C29H20N2O6.C21H14N2O6.C8H8O/c1-16-4-2-3-5-18(16)15-30-31-28(34)17-6-9-21(24(12-17)29(35)36)27-22-10-7-19(32)13-25(22)37-26-14-20(33)8-11-23(26)27;22-23-20(26)10-1-4-13(16(7-10)21(27)28)19-14-5-2-11(24)8-17(14)29-18-9-12(25)3-6-15(18)19;1-7-4-2-3-5-8(7)6-9/h2-15,32H,1H3,(H,31,34)(H,35,36);1-9,24H,22H2,(H,23,26)(H,27,28);2-6H,1H3/b30-15+;;. The van der Waals surface area contributed by atoms with E-state index in [-0.39, 0.29) is 67.3 Å². The van der Waals surface area contributed by atoms with Gasteiger partial charge in [0.1, 0.15) is 40.5 Å². The fraction of sp³-hybridized carbons (Fsp3) is 0.0345. The van der Waals surface area contributed by atoms with E-state index in [0.29, 0.717) is 44.2 Å². The number of nitrogens with zero attached hydrogens (tertiary/aromatic N) is 1. The highest BCUT2D eigenvalue weighted by Crippen LogP contribution is 2.44. The molecule has 10 rings (SSSR count). The number of aromatic carboxylic acids is 2. The number of phenols is 2. The largest absolute Gasteiger partial charge is 0.508 e. The Hall–Kier alpha value is -10.5. The van der Waals surface area contributed by atoms with E-state index in [9.17, 15) is 54.0 Å². The molecule has 372 valence electrons. The molecule has 2 amide bonds. The first-order chi connectivity index (χ1) is 36.0. The number of nitrogens with one attached hydrogen (secondary N) is 2. The zero-order valence-electron chi connectivity index (χ0n) is 39.7. The number of carboxylic acid groups (broad SMARTS) is 2. The maximum Gasteiger partial charge on any atom is 0.336 e. The van der Waals surface area contributed by atoms with E-state index >= 15 is 0 Å². The Kier molecular flexibility index (Phi) is 14.8. The van der Waals surface area contributed by atoms with Gasteiger partial charge in [0.2, 0.25) is 0 Å². The Morgan fingerprint density at radius 2 is 0.973 bits per heavy atom. The third kappa shape index (κ3) is 11.0. The van der Waals surface area contributed by atoms with E-state index in [1.807, 2.05) is 67.8 Å². The summed E-state index contributed by atoms with van der Waals surface area (Å²) >= 11 is 0. The van der Waals surface area contributed by atoms with Crippen LogP contribution in [0.15, 0.2) is 181 Å². The Labute approximate surface area is 424 Å². The van der Waals surface area contributed by atoms with Gasteiger partial charge >= 0.3 is 11.9 Å². The minimum Gasteiger partial charge on any atom is -0.508 e. The van der Waals surface area contributed by atoms with Crippen LogP contribution in [0.1, 0.15) is 68.5 Å². The van der Waals surface area contributed by atoms with Gasteiger partial charge in [-0.05, 0) is 114 Å². The molecule has 0 unspecified atom stereocenters. The molecule has 75 heavy (non-hydrogen) atoms. The van der Waals surface area contributed by atoms with Crippen LogP contribution in [0.3, 0.4) is 0 Å². The van der Waals surface area contributed by atoms with Gasteiger partial charge in [-0.1, -0.05) is 60.7 Å². The van der Waals surface area contributed by atoms with Gasteiger partial charge in [0.25, 0.3) is 11.8 Å². The predicted molar refractivity (Wildman–Crippen MR) is 281 cm³/mol. The van der Waals surface area contributed by atoms with Crippen molar-refractivity contribution in [2.75, 3.05) is 0 Å². The van der Waals surface area contributed by atoms with Crippen molar-refractivity contribution in [2.24, 2.45) is 10.9 Å². The third-order valence-electron chi connectivity index (χ3n) is 11.9. The van der Waals surface area contributed by atoms with E-state index < -0.39 is 23.8 Å². The molecule has 4 aliphatic rings. The molecule has 2 aliphatic carbocycles. The SMILES string of the molecule is Cc1ccccc1/C=N/NC(=O)c1ccc(-c2c3ccc(=O)cc-3oc3cc(O)ccc23)c(C(=O)O)c1.Cc1ccccc1C=O.NNC(=O)c1ccc(-c2c3ccc(=O)cc-3oc3cc(O)ccc23)c(C(=O)O)c1. The van der Waals surface area contributed by atoms with Crippen molar-refractivity contribution < 1.29 is 53.2 Å². The first kappa shape index (κ1) is 50.9. The number of phenolic OH excluding ortho intramolecular Hbond substituents is 2. The quantitative estimate of drug-likeness (QED) is 0.0177. The van der Waals surface area contributed by atoms with Crippen molar-refractivity contribution in [1.29, 1.82) is 0 Å². The Morgan fingerprint density at radius 3 is 1.40 bits per heavy atom. The number of nitrogens with two attached hydrogens (primary N) is 1. The van der Waals surface area contributed by atoms with E-state index in [1.165, 1.54) is 91.1 Å². The number of aryl methyl sites for hydroxylation is 2. The fourth-order valence-electron chi connectivity index (χ4n) is 8.22. The summed E-state index contributed by atoms with van der Waals surface area (Å²) in [5, 5.41) is 44.6. The molecule has 6 aromatic carbocycles. The number of aromatic hydroxyl groups is 2. The average molecular weight is 1000 g/mol. The second-order valence-corrected chi connectivity index (χ2v) is 16.8. The molecule has 0 radical (unpaired) electrons. The van der Waals surface area contributed by atoms with Crippen molar-refractivity contribution in [2.45, 2.75) is 13.8 Å². The van der Waals surface area contributed by atoms with Crippen molar-refractivity contribution >= 4 is 58.2 Å². The van der Waals surface area contributed by atoms with E-state index in [4.69, 9.17) is 14.7 Å². The number of hydrazine groups is 1. The lowest BCUT2D eigenvalue weighted by atomic mass is 9.90. The Balaban J connectivity index is 0.000000174. The highest BCUT2D eigenvalue weighted by Gasteiger charge is 2.25. The van der Waals surface area contributed by atoms with E-state index in [0.717, 1.165) is 28.5 Å². The molecular formula is C58H42N4O13. The number of hydrogen-bond donors (Lipinski definition) is 7. The molecule has 0 atom stereocenters. The number of carboxylic acids is 2. The molecule has 2 heterocycles. The molecule has 2 aliphatic heterocycles. The molecular weight excluding hydrogens is 961 g/mol. The topological polar surface area (TPSA) is 289 Å².